The van der Waals surface area contributed by atoms with Crippen molar-refractivity contribution in [2.45, 2.75) is 37.7 Å². The van der Waals surface area contributed by atoms with Gasteiger partial charge in [-0.25, -0.2) is 4.39 Å². The molecule has 1 aromatic rings. The number of benzene rings is 1. The van der Waals surface area contributed by atoms with Crippen LogP contribution in [-0.4, -0.2) is 60.5 Å². The minimum Gasteiger partial charge on any atom is -0.361 e. The summed E-state index contributed by atoms with van der Waals surface area (Å²) in [6.07, 6.45) is 3.47. The second kappa shape index (κ2) is 7.52. The number of carbonyl (C=O) groups excluding carboxylic acids is 2. The van der Waals surface area contributed by atoms with Crippen LogP contribution in [0.15, 0.2) is 24.3 Å². The third kappa shape index (κ3) is 4.00. The van der Waals surface area contributed by atoms with E-state index >= 15 is 0 Å². The van der Waals surface area contributed by atoms with E-state index in [1.807, 2.05) is 0 Å². The molecule has 2 aliphatic heterocycles. The fourth-order valence-corrected chi connectivity index (χ4v) is 3.65. The second-order valence-corrected chi connectivity index (χ2v) is 6.97. The zero-order valence-corrected chi connectivity index (χ0v) is 14.7. The Kier molecular flexibility index (Phi) is 5.37. The van der Waals surface area contributed by atoms with E-state index in [9.17, 15) is 14.0 Å². The van der Waals surface area contributed by atoms with Crippen molar-refractivity contribution in [3.05, 3.63) is 35.6 Å². The smallest absolute Gasteiger partial charge is 0.256 e. The van der Waals surface area contributed by atoms with Gasteiger partial charge >= 0.3 is 0 Å². The highest BCUT2D eigenvalue weighted by molar-refractivity contribution is 5.87. The van der Waals surface area contributed by atoms with Gasteiger partial charge in [0, 0.05) is 26.6 Å². The van der Waals surface area contributed by atoms with Crippen molar-refractivity contribution in [1.82, 2.24) is 9.80 Å². The monoisotopic (exact) mass is 348 g/mol. The molecule has 3 rings (SSSR count). The number of nitrogens with zero attached hydrogens (tertiary/aromatic N) is 2. The lowest BCUT2D eigenvalue weighted by Crippen LogP contribution is -2.60. The van der Waals surface area contributed by atoms with E-state index in [0.29, 0.717) is 39.0 Å². The van der Waals surface area contributed by atoms with E-state index in [-0.39, 0.29) is 17.6 Å². The topological polar surface area (TPSA) is 49.9 Å². The van der Waals surface area contributed by atoms with Gasteiger partial charge in [-0.15, -0.1) is 0 Å². The van der Waals surface area contributed by atoms with Gasteiger partial charge in [0.05, 0.1) is 13.2 Å². The number of hydrogen-bond donors (Lipinski definition) is 0. The summed E-state index contributed by atoms with van der Waals surface area (Å²) in [6, 6.07) is 6.22. The quantitative estimate of drug-likeness (QED) is 0.839. The van der Waals surface area contributed by atoms with Crippen LogP contribution in [0, 0.1) is 5.82 Å². The van der Waals surface area contributed by atoms with E-state index in [4.69, 9.17) is 4.74 Å². The molecule has 1 atom stereocenters. The Bertz CT molecular complexity index is 634. The summed E-state index contributed by atoms with van der Waals surface area (Å²) in [5, 5.41) is 0. The summed E-state index contributed by atoms with van der Waals surface area (Å²) in [5.74, 6) is -0.270. The van der Waals surface area contributed by atoms with Gasteiger partial charge in [-0.05, 0) is 43.4 Å². The fourth-order valence-electron chi connectivity index (χ4n) is 3.65. The summed E-state index contributed by atoms with van der Waals surface area (Å²) in [7, 11) is 1.80. The molecule has 1 unspecified atom stereocenters. The average molecular weight is 348 g/mol. The van der Waals surface area contributed by atoms with Crippen molar-refractivity contribution >= 4 is 11.8 Å². The predicted molar refractivity (Wildman–Crippen MR) is 91.5 cm³/mol. The van der Waals surface area contributed by atoms with Crippen molar-refractivity contribution in [2.24, 2.45) is 0 Å². The number of hydrogen-bond acceptors (Lipinski definition) is 3. The van der Waals surface area contributed by atoms with E-state index in [1.165, 1.54) is 12.1 Å². The van der Waals surface area contributed by atoms with Crippen LogP contribution in [0.5, 0.6) is 0 Å². The average Bonchev–Trinajstić information content (AvgIpc) is 2.75. The maximum Gasteiger partial charge on any atom is 0.256 e. The van der Waals surface area contributed by atoms with Gasteiger partial charge < -0.3 is 14.5 Å². The van der Waals surface area contributed by atoms with Crippen LogP contribution >= 0.6 is 0 Å². The van der Waals surface area contributed by atoms with Gasteiger partial charge in [0.1, 0.15) is 5.82 Å². The van der Waals surface area contributed by atoms with Crippen molar-refractivity contribution < 1.29 is 18.7 Å². The van der Waals surface area contributed by atoms with Crippen LogP contribution in [0.1, 0.15) is 31.2 Å². The van der Waals surface area contributed by atoms with Crippen molar-refractivity contribution in [3.8, 4) is 0 Å². The Morgan fingerprint density at radius 3 is 2.76 bits per heavy atom. The molecule has 2 aliphatic rings. The number of carbonyl (C=O) groups is 2. The molecule has 0 N–H and O–H groups in total. The van der Waals surface area contributed by atoms with Gasteiger partial charge in [-0.1, -0.05) is 12.1 Å². The number of ether oxygens (including phenoxy) is 1. The molecule has 2 heterocycles. The Morgan fingerprint density at radius 1 is 1.24 bits per heavy atom. The molecule has 0 aromatic heterocycles. The van der Waals surface area contributed by atoms with E-state index in [1.54, 1.807) is 29.0 Å². The van der Waals surface area contributed by atoms with Crippen LogP contribution in [0.2, 0.25) is 0 Å². The Labute approximate surface area is 147 Å². The molecular formula is C19H25FN2O3. The number of halogens is 1. The molecule has 2 fully saturated rings. The molecule has 6 heteroatoms. The first-order valence-corrected chi connectivity index (χ1v) is 8.92. The molecule has 136 valence electrons. The normalized spacial score (nSPS) is 24.5. The standard InChI is InChI=1S/C19H25FN2O3/c1-21-11-3-2-10-19(18(21)24)14-22(12-13-25-19)17(23)9-6-15-4-7-16(20)8-5-15/h4-5,7-8H,2-3,6,9-14H2,1H3. The molecule has 0 radical (unpaired) electrons. The van der Waals surface area contributed by atoms with Crippen molar-refractivity contribution in [1.29, 1.82) is 0 Å². The lowest BCUT2D eigenvalue weighted by molar-refractivity contribution is -0.173. The first kappa shape index (κ1) is 17.9. The van der Waals surface area contributed by atoms with Gasteiger partial charge in [-0.2, -0.15) is 0 Å². The van der Waals surface area contributed by atoms with Gasteiger partial charge in [0.25, 0.3) is 5.91 Å². The zero-order valence-electron chi connectivity index (χ0n) is 14.7. The summed E-state index contributed by atoms with van der Waals surface area (Å²) in [4.78, 5) is 28.8. The van der Waals surface area contributed by atoms with Crippen molar-refractivity contribution in [3.63, 3.8) is 0 Å². The molecule has 1 aromatic carbocycles. The molecule has 0 bridgehead atoms. The molecule has 2 saturated heterocycles. The molecule has 1 spiro atoms. The molecule has 2 amide bonds. The number of rotatable bonds is 3. The molecule has 0 saturated carbocycles. The molecule has 5 nitrogen and oxygen atoms in total. The van der Waals surface area contributed by atoms with Gasteiger partial charge in [0.15, 0.2) is 5.60 Å². The maximum atomic E-state index is 13.0. The second-order valence-electron chi connectivity index (χ2n) is 6.97. The number of likely N-dealkylation sites (N-methyl/N-ethyl adjacent to an activating group) is 1. The number of likely N-dealkylation sites (tertiary alicyclic amines) is 1. The number of morpholine rings is 1. The van der Waals surface area contributed by atoms with Crippen LogP contribution < -0.4 is 0 Å². The Hall–Kier alpha value is -1.95. The molecule has 25 heavy (non-hydrogen) atoms. The lowest BCUT2D eigenvalue weighted by atomic mass is 9.94. The van der Waals surface area contributed by atoms with Gasteiger partial charge in [-0.3, -0.25) is 9.59 Å². The summed E-state index contributed by atoms with van der Waals surface area (Å²) in [5.41, 5.74) is 0.0534. The zero-order chi connectivity index (χ0) is 17.9. The Morgan fingerprint density at radius 2 is 2.00 bits per heavy atom. The van der Waals surface area contributed by atoms with E-state index in [0.717, 1.165) is 24.9 Å². The predicted octanol–water partition coefficient (Wildman–Crippen LogP) is 2.00. The van der Waals surface area contributed by atoms with E-state index in [2.05, 4.69) is 0 Å². The molecule has 0 aliphatic carbocycles. The van der Waals surface area contributed by atoms with E-state index < -0.39 is 5.60 Å². The Balaban J connectivity index is 1.63. The number of aryl methyl sites for hydroxylation is 1. The lowest BCUT2D eigenvalue weighted by Gasteiger charge is -2.42. The highest BCUT2D eigenvalue weighted by atomic mass is 19.1. The van der Waals surface area contributed by atoms with Crippen molar-refractivity contribution in [2.75, 3.05) is 33.3 Å². The number of amides is 2. The SMILES string of the molecule is CN1CCCCC2(CN(C(=O)CCc3ccc(F)cc3)CCO2)C1=O. The van der Waals surface area contributed by atoms with Crippen LogP contribution in [-0.2, 0) is 20.7 Å². The molecular weight excluding hydrogens is 323 g/mol. The first-order chi connectivity index (χ1) is 12.0. The minimum atomic E-state index is -0.880. The fraction of sp³-hybridized carbons (Fsp3) is 0.579. The highest BCUT2D eigenvalue weighted by Crippen LogP contribution is 2.29. The van der Waals surface area contributed by atoms with Crippen LogP contribution in [0.25, 0.3) is 0 Å². The summed E-state index contributed by atoms with van der Waals surface area (Å²) >= 11 is 0. The largest absolute Gasteiger partial charge is 0.361 e. The summed E-state index contributed by atoms with van der Waals surface area (Å²) < 4.78 is 18.9. The van der Waals surface area contributed by atoms with Crippen LogP contribution in [0.3, 0.4) is 0 Å². The van der Waals surface area contributed by atoms with Gasteiger partial charge in [0.2, 0.25) is 5.91 Å². The van der Waals surface area contributed by atoms with Crippen LogP contribution in [0.4, 0.5) is 4.39 Å². The minimum absolute atomic E-state index is 0.0129. The highest BCUT2D eigenvalue weighted by Gasteiger charge is 2.46. The third-order valence-electron chi connectivity index (χ3n) is 5.14. The summed E-state index contributed by atoms with van der Waals surface area (Å²) in [6.45, 7) is 1.98. The maximum absolute atomic E-state index is 13.0. The third-order valence-corrected chi connectivity index (χ3v) is 5.14. The first-order valence-electron chi connectivity index (χ1n) is 8.92.